The molecule has 0 amide bonds. The molecule has 0 bridgehead atoms. The lowest BCUT2D eigenvalue weighted by atomic mass is 10.1. The molecule has 7 nitrogen and oxygen atoms in total. The summed E-state index contributed by atoms with van der Waals surface area (Å²) in [5.41, 5.74) is -0.896. The quantitative estimate of drug-likeness (QED) is 0.811. The van der Waals surface area contributed by atoms with Crippen LogP contribution >= 0.6 is 0 Å². The van der Waals surface area contributed by atoms with Gasteiger partial charge in [-0.1, -0.05) is 0 Å². The molecule has 1 aliphatic rings. The lowest BCUT2D eigenvalue weighted by Gasteiger charge is -2.20. The van der Waals surface area contributed by atoms with Gasteiger partial charge in [-0.25, -0.2) is 4.98 Å². The number of carbonyl (C=O) groups is 1. The standard InChI is InChI=1S/C15H23N3O4/c1-15(2,3)22-12(20)9-18-7-5-16-13(14(18)21)17-6-4-11(8-17)10-19/h5,7,11,19H,4,6,8-10H2,1-3H3/t11-/m1/s1. The third kappa shape index (κ3) is 4.07. The highest BCUT2D eigenvalue weighted by atomic mass is 16.6. The fourth-order valence-electron chi connectivity index (χ4n) is 2.46. The summed E-state index contributed by atoms with van der Waals surface area (Å²) in [5, 5.41) is 9.19. The lowest BCUT2D eigenvalue weighted by Crippen LogP contribution is -2.35. The van der Waals surface area contributed by atoms with Crippen LogP contribution in [0, 0.1) is 5.92 Å². The third-order valence-corrected chi connectivity index (χ3v) is 3.46. The van der Waals surface area contributed by atoms with Gasteiger partial charge in [-0.2, -0.15) is 0 Å². The second-order valence-corrected chi connectivity index (χ2v) is 6.55. The number of hydrogen-bond acceptors (Lipinski definition) is 6. The van der Waals surface area contributed by atoms with E-state index >= 15 is 0 Å². The van der Waals surface area contributed by atoms with Gasteiger partial charge >= 0.3 is 5.97 Å². The van der Waals surface area contributed by atoms with Crippen molar-refractivity contribution in [2.24, 2.45) is 5.92 Å². The average Bonchev–Trinajstić information content (AvgIpc) is 2.87. The zero-order valence-electron chi connectivity index (χ0n) is 13.3. The summed E-state index contributed by atoms with van der Waals surface area (Å²) in [5.74, 6) is 0.0316. The smallest absolute Gasteiger partial charge is 0.326 e. The van der Waals surface area contributed by atoms with Crippen LogP contribution in [-0.4, -0.2) is 45.9 Å². The molecule has 1 aromatic heterocycles. The molecule has 122 valence electrons. The van der Waals surface area contributed by atoms with Crippen molar-refractivity contribution in [2.45, 2.75) is 39.3 Å². The molecule has 0 saturated carbocycles. The molecule has 1 saturated heterocycles. The molecule has 0 spiro atoms. The van der Waals surface area contributed by atoms with Crippen LogP contribution in [0.15, 0.2) is 17.2 Å². The Balaban J connectivity index is 2.13. The Labute approximate surface area is 129 Å². The number of aromatic nitrogens is 2. The largest absolute Gasteiger partial charge is 0.459 e. The fourth-order valence-corrected chi connectivity index (χ4v) is 2.46. The van der Waals surface area contributed by atoms with Crippen LogP contribution in [0.2, 0.25) is 0 Å². The third-order valence-electron chi connectivity index (χ3n) is 3.46. The summed E-state index contributed by atoms with van der Waals surface area (Å²) in [6.07, 6.45) is 3.82. The van der Waals surface area contributed by atoms with E-state index in [4.69, 9.17) is 4.74 Å². The molecule has 0 aliphatic carbocycles. The average molecular weight is 309 g/mol. The number of ether oxygens (including phenoxy) is 1. The Morgan fingerprint density at radius 1 is 1.50 bits per heavy atom. The highest BCUT2D eigenvalue weighted by Crippen LogP contribution is 2.18. The van der Waals surface area contributed by atoms with E-state index < -0.39 is 11.6 Å². The van der Waals surface area contributed by atoms with Gasteiger partial charge in [0, 0.05) is 38.0 Å². The molecule has 7 heteroatoms. The maximum Gasteiger partial charge on any atom is 0.326 e. The van der Waals surface area contributed by atoms with E-state index in [0.29, 0.717) is 18.9 Å². The van der Waals surface area contributed by atoms with Crippen molar-refractivity contribution in [2.75, 3.05) is 24.6 Å². The van der Waals surface area contributed by atoms with Gasteiger partial charge in [0.1, 0.15) is 12.1 Å². The van der Waals surface area contributed by atoms with Crippen molar-refractivity contribution in [1.82, 2.24) is 9.55 Å². The number of rotatable bonds is 4. The van der Waals surface area contributed by atoms with Gasteiger partial charge in [0.2, 0.25) is 0 Å². The van der Waals surface area contributed by atoms with Crippen molar-refractivity contribution >= 4 is 11.8 Å². The van der Waals surface area contributed by atoms with Crippen molar-refractivity contribution in [3.63, 3.8) is 0 Å². The molecular formula is C15H23N3O4. The lowest BCUT2D eigenvalue weighted by molar-refractivity contribution is -0.155. The van der Waals surface area contributed by atoms with Crippen molar-refractivity contribution in [1.29, 1.82) is 0 Å². The summed E-state index contributed by atoms with van der Waals surface area (Å²) < 4.78 is 6.54. The number of aliphatic hydroxyl groups excluding tert-OH is 1. The Morgan fingerprint density at radius 2 is 2.23 bits per heavy atom. The van der Waals surface area contributed by atoms with Crippen LogP contribution in [0.3, 0.4) is 0 Å². The summed E-state index contributed by atoms with van der Waals surface area (Å²) in [6.45, 7) is 6.61. The first-order valence-electron chi connectivity index (χ1n) is 7.43. The van der Waals surface area contributed by atoms with Gasteiger partial charge in [0.05, 0.1) is 0 Å². The van der Waals surface area contributed by atoms with E-state index in [1.807, 2.05) is 4.90 Å². The summed E-state index contributed by atoms with van der Waals surface area (Å²) >= 11 is 0. The number of nitrogens with zero attached hydrogens (tertiary/aromatic N) is 3. The normalized spacial score (nSPS) is 18.5. The monoisotopic (exact) mass is 309 g/mol. The second-order valence-electron chi connectivity index (χ2n) is 6.55. The van der Waals surface area contributed by atoms with Gasteiger partial charge in [-0.15, -0.1) is 0 Å². The van der Waals surface area contributed by atoms with Gasteiger partial charge in [0.25, 0.3) is 5.56 Å². The van der Waals surface area contributed by atoms with E-state index in [-0.39, 0.29) is 24.6 Å². The number of aliphatic hydroxyl groups is 1. The topological polar surface area (TPSA) is 84.7 Å². The second kappa shape index (κ2) is 6.48. The van der Waals surface area contributed by atoms with Gasteiger partial charge < -0.3 is 14.7 Å². The molecule has 1 fully saturated rings. The first-order chi connectivity index (χ1) is 10.3. The first kappa shape index (κ1) is 16.5. The Morgan fingerprint density at radius 3 is 2.82 bits per heavy atom. The van der Waals surface area contributed by atoms with Gasteiger partial charge in [-0.3, -0.25) is 14.2 Å². The van der Waals surface area contributed by atoms with Gasteiger partial charge in [-0.05, 0) is 27.2 Å². The minimum absolute atomic E-state index is 0.107. The minimum atomic E-state index is -0.583. The minimum Gasteiger partial charge on any atom is -0.459 e. The molecule has 2 heterocycles. The summed E-state index contributed by atoms with van der Waals surface area (Å²) in [6, 6.07) is 0. The van der Waals surface area contributed by atoms with Crippen LogP contribution in [0.5, 0.6) is 0 Å². The Kier molecular flexibility index (Phi) is 4.85. The van der Waals surface area contributed by atoms with E-state index in [1.54, 1.807) is 20.8 Å². The van der Waals surface area contributed by atoms with E-state index in [2.05, 4.69) is 4.98 Å². The molecule has 1 atom stereocenters. The molecule has 0 radical (unpaired) electrons. The van der Waals surface area contributed by atoms with Crippen molar-refractivity contribution in [3.8, 4) is 0 Å². The van der Waals surface area contributed by atoms with Crippen LogP contribution in [0.25, 0.3) is 0 Å². The van der Waals surface area contributed by atoms with Crippen LogP contribution in [-0.2, 0) is 16.1 Å². The zero-order chi connectivity index (χ0) is 16.3. The predicted molar refractivity (Wildman–Crippen MR) is 81.7 cm³/mol. The van der Waals surface area contributed by atoms with Crippen molar-refractivity contribution in [3.05, 3.63) is 22.7 Å². The fraction of sp³-hybridized carbons (Fsp3) is 0.667. The first-order valence-corrected chi connectivity index (χ1v) is 7.43. The molecule has 0 aromatic carbocycles. The van der Waals surface area contributed by atoms with E-state index in [0.717, 1.165) is 6.42 Å². The summed E-state index contributed by atoms with van der Waals surface area (Å²) in [4.78, 5) is 30.3. The van der Waals surface area contributed by atoms with Crippen LogP contribution < -0.4 is 10.5 Å². The molecular weight excluding hydrogens is 286 g/mol. The molecule has 2 rings (SSSR count). The summed E-state index contributed by atoms with van der Waals surface area (Å²) in [7, 11) is 0. The number of carbonyl (C=O) groups excluding carboxylic acids is 1. The zero-order valence-corrected chi connectivity index (χ0v) is 13.3. The predicted octanol–water partition coefficient (Wildman–Crippen LogP) is 0.404. The number of hydrogen-bond donors (Lipinski definition) is 1. The van der Waals surface area contributed by atoms with Crippen molar-refractivity contribution < 1.29 is 14.6 Å². The van der Waals surface area contributed by atoms with Crippen LogP contribution in [0.4, 0.5) is 5.82 Å². The molecule has 1 N–H and O–H groups in total. The van der Waals surface area contributed by atoms with Crippen LogP contribution in [0.1, 0.15) is 27.2 Å². The molecule has 0 unspecified atom stereocenters. The SMILES string of the molecule is CC(C)(C)OC(=O)Cn1ccnc(N2CC[C@@H](CO)C2)c1=O. The highest BCUT2D eigenvalue weighted by molar-refractivity contribution is 5.69. The van der Waals surface area contributed by atoms with E-state index in [1.165, 1.54) is 17.0 Å². The number of anilines is 1. The maximum absolute atomic E-state index is 12.4. The maximum atomic E-state index is 12.4. The molecule has 22 heavy (non-hydrogen) atoms. The molecule has 1 aromatic rings. The molecule has 1 aliphatic heterocycles. The Bertz CT molecular complexity index is 591. The Hall–Kier alpha value is -1.89. The highest BCUT2D eigenvalue weighted by Gasteiger charge is 2.25. The van der Waals surface area contributed by atoms with E-state index in [9.17, 15) is 14.7 Å². The number of esters is 1. The van der Waals surface area contributed by atoms with Gasteiger partial charge in [0.15, 0.2) is 5.82 Å².